The summed E-state index contributed by atoms with van der Waals surface area (Å²) in [5, 5.41) is 10.0. The lowest BCUT2D eigenvalue weighted by atomic mass is 10.2. The van der Waals surface area contributed by atoms with Crippen molar-refractivity contribution in [2.45, 2.75) is 45.8 Å². The van der Waals surface area contributed by atoms with Crippen molar-refractivity contribution in [3.63, 3.8) is 0 Å². The number of imidazole rings is 1. The monoisotopic (exact) mass is 232 g/mol. The number of para-hydroxylation sites is 2. The average molecular weight is 232 g/mol. The molecule has 17 heavy (non-hydrogen) atoms. The van der Waals surface area contributed by atoms with Crippen molar-refractivity contribution >= 4 is 11.0 Å². The summed E-state index contributed by atoms with van der Waals surface area (Å²) < 4.78 is 2.16. The van der Waals surface area contributed by atoms with Crippen molar-refractivity contribution in [1.29, 1.82) is 0 Å². The molecule has 2 aromatic rings. The van der Waals surface area contributed by atoms with Crippen molar-refractivity contribution in [3.8, 4) is 0 Å². The van der Waals surface area contributed by atoms with E-state index in [2.05, 4.69) is 22.5 Å². The van der Waals surface area contributed by atoms with Gasteiger partial charge in [0, 0.05) is 6.54 Å². The summed E-state index contributed by atoms with van der Waals surface area (Å²) in [6.07, 6.45) is 2.51. The van der Waals surface area contributed by atoms with E-state index in [0.717, 1.165) is 36.2 Å². The fourth-order valence-corrected chi connectivity index (χ4v) is 2.08. The Morgan fingerprint density at radius 3 is 2.76 bits per heavy atom. The highest BCUT2D eigenvalue weighted by Gasteiger charge is 2.15. The normalized spacial score (nSPS) is 13.1. The molecule has 0 radical (unpaired) electrons. The number of benzene rings is 1. The molecule has 0 fully saturated rings. The van der Waals surface area contributed by atoms with Crippen molar-refractivity contribution < 1.29 is 5.11 Å². The van der Waals surface area contributed by atoms with Crippen LogP contribution in [0, 0.1) is 0 Å². The third kappa shape index (κ3) is 2.34. The smallest absolute Gasteiger partial charge is 0.138 e. The molecule has 0 aliphatic heterocycles. The van der Waals surface area contributed by atoms with Crippen LogP contribution in [0.25, 0.3) is 11.0 Å². The minimum absolute atomic E-state index is 0.459. The summed E-state index contributed by atoms with van der Waals surface area (Å²) in [7, 11) is 0. The van der Waals surface area contributed by atoms with Gasteiger partial charge in [0.15, 0.2) is 0 Å². The first-order chi connectivity index (χ1) is 8.27. The highest BCUT2D eigenvalue weighted by Crippen LogP contribution is 2.23. The molecule has 3 nitrogen and oxygen atoms in total. The van der Waals surface area contributed by atoms with Crippen LogP contribution in [0.1, 0.15) is 45.0 Å². The summed E-state index contributed by atoms with van der Waals surface area (Å²) in [5.41, 5.74) is 2.11. The van der Waals surface area contributed by atoms with Gasteiger partial charge in [-0.15, -0.1) is 0 Å². The van der Waals surface area contributed by atoms with Gasteiger partial charge in [0.05, 0.1) is 11.0 Å². The van der Waals surface area contributed by atoms with Gasteiger partial charge >= 0.3 is 0 Å². The number of hydrogen-bond acceptors (Lipinski definition) is 2. The van der Waals surface area contributed by atoms with Crippen LogP contribution >= 0.6 is 0 Å². The van der Waals surface area contributed by atoms with Gasteiger partial charge in [-0.2, -0.15) is 0 Å². The van der Waals surface area contributed by atoms with E-state index in [1.165, 1.54) is 0 Å². The molecule has 1 atom stereocenters. The molecule has 1 aromatic carbocycles. The van der Waals surface area contributed by atoms with E-state index in [1.54, 1.807) is 0 Å². The van der Waals surface area contributed by atoms with E-state index < -0.39 is 6.10 Å². The fraction of sp³-hybridized carbons (Fsp3) is 0.500. The summed E-state index contributed by atoms with van der Waals surface area (Å²) in [6.45, 7) is 5.09. The van der Waals surface area contributed by atoms with Crippen molar-refractivity contribution in [2.75, 3.05) is 0 Å². The van der Waals surface area contributed by atoms with E-state index in [9.17, 15) is 5.11 Å². The molecule has 2 rings (SSSR count). The number of rotatable bonds is 5. The molecule has 0 bridgehead atoms. The average Bonchev–Trinajstić information content (AvgIpc) is 2.74. The number of aliphatic hydroxyl groups is 1. The number of fused-ring (bicyclic) bond motifs is 1. The summed E-state index contributed by atoms with van der Waals surface area (Å²) in [4.78, 5) is 4.55. The van der Waals surface area contributed by atoms with Gasteiger partial charge in [0.1, 0.15) is 11.9 Å². The Bertz CT molecular complexity index is 490. The number of nitrogens with zero attached hydrogens (tertiary/aromatic N) is 2. The second-order valence-corrected chi connectivity index (χ2v) is 4.39. The topological polar surface area (TPSA) is 38.0 Å². The van der Waals surface area contributed by atoms with Crippen LogP contribution in [0.5, 0.6) is 0 Å². The van der Waals surface area contributed by atoms with Gasteiger partial charge in [0.25, 0.3) is 0 Å². The van der Waals surface area contributed by atoms with Gasteiger partial charge in [-0.1, -0.05) is 32.4 Å². The predicted octanol–water partition coefficient (Wildman–Crippen LogP) is 3.28. The Morgan fingerprint density at radius 1 is 1.29 bits per heavy atom. The third-order valence-electron chi connectivity index (χ3n) is 3.10. The van der Waals surface area contributed by atoms with Gasteiger partial charge in [-0.05, 0) is 25.0 Å². The first kappa shape index (κ1) is 12.1. The molecule has 0 spiro atoms. The fourth-order valence-electron chi connectivity index (χ4n) is 2.08. The Labute approximate surface area is 102 Å². The minimum atomic E-state index is -0.459. The molecule has 1 N–H and O–H groups in total. The molecule has 92 valence electrons. The Balaban J connectivity index is 2.48. The van der Waals surface area contributed by atoms with Crippen LogP contribution in [-0.4, -0.2) is 14.7 Å². The zero-order valence-corrected chi connectivity index (χ0v) is 10.6. The maximum atomic E-state index is 10.0. The summed E-state index contributed by atoms with van der Waals surface area (Å²) in [5.74, 6) is 0.808. The Morgan fingerprint density at radius 2 is 2.06 bits per heavy atom. The molecule has 0 aliphatic carbocycles. The van der Waals surface area contributed by atoms with E-state index in [-0.39, 0.29) is 0 Å². The molecule has 0 saturated heterocycles. The predicted molar refractivity (Wildman–Crippen MR) is 69.9 cm³/mol. The third-order valence-corrected chi connectivity index (χ3v) is 3.10. The molecule has 1 aromatic heterocycles. The molecule has 1 unspecified atom stereocenters. The van der Waals surface area contributed by atoms with Gasteiger partial charge in [-0.3, -0.25) is 0 Å². The zero-order valence-electron chi connectivity index (χ0n) is 10.6. The first-order valence-electron chi connectivity index (χ1n) is 6.41. The number of aliphatic hydroxyl groups excluding tert-OH is 1. The van der Waals surface area contributed by atoms with E-state index in [4.69, 9.17) is 0 Å². The van der Waals surface area contributed by atoms with Gasteiger partial charge in [-0.25, -0.2) is 4.98 Å². The van der Waals surface area contributed by atoms with Crippen molar-refractivity contribution in [2.24, 2.45) is 0 Å². The minimum Gasteiger partial charge on any atom is -0.385 e. The molecular formula is C14H20N2O. The second-order valence-electron chi connectivity index (χ2n) is 4.39. The lowest BCUT2D eigenvalue weighted by molar-refractivity contribution is 0.159. The van der Waals surface area contributed by atoms with Crippen LogP contribution < -0.4 is 0 Å². The first-order valence-corrected chi connectivity index (χ1v) is 6.41. The van der Waals surface area contributed by atoms with E-state index in [1.807, 2.05) is 25.1 Å². The lowest BCUT2D eigenvalue weighted by Crippen LogP contribution is -2.08. The maximum absolute atomic E-state index is 10.0. The van der Waals surface area contributed by atoms with Crippen LogP contribution in [0.4, 0.5) is 0 Å². The number of hydrogen-bond donors (Lipinski definition) is 1. The zero-order chi connectivity index (χ0) is 12.3. The Kier molecular flexibility index (Phi) is 3.79. The number of aryl methyl sites for hydroxylation is 1. The largest absolute Gasteiger partial charge is 0.385 e. The molecule has 0 saturated carbocycles. The SMILES string of the molecule is CCCCn1c(C(O)CC)nc2ccccc21. The van der Waals surface area contributed by atoms with Crippen molar-refractivity contribution in [1.82, 2.24) is 9.55 Å². The van der Waals surface area contributed by atoms with E-state index >= 15 is 0 Å². The molecule has 3 heteroatoms. The van der Waals surface area contributed by atoms with Crippen molar-refractivity contribution in [3.05, 3.63) is 30.1 Å². The molecular weight excluding hydrogens is 212 g/mol. The van der Waals surface area contributed by atoms with E-state index in [0.29, 0.717) is 6.42 Å². The van der Waals surface area contributed by atoms with Crippen LogP contribution in [0.15, 0.2) is 24.3 Å². The standard InChI is InChI=1S/C14H20N2O/c1-3-5-10-16-12-9-7-6-8-11(12)15-14(16)13(17)4-2/h6-9,13,17H,3-5,10H2,1-2H3. The molecule has 0 amide bonds. The maximum Gasteiger partial charge on any atom is 0.138 e. The molecule has 0 aliphatic rings. The second kappa shape index (κ2) is 5.32. The van der Waals surface area contributed by atoms with Crippen LogP contribution in [0.3, 0.4) is 0 Å². The summed E-state index contributed by atoms with van der Waals surface area (Å²) >= 11 is 0. The molecule has 1 heterocycles. The quantitative estimate of drug-likeness (QED) is 0.859. The van der Waals surface area contributed by atoms with Gasteiger partial charge < -0.3 is 9.67 Å². The van der Waals surface area contributed by atoms with Crippen LogP contribution in [0.2, 0.25) is 0 Å². The summed E-state index contributed by atoms with van der Waals surface area (Å²) in [6, 6.07) is 8.09. The van der Waals surface area contributed by atoms with Gasteiger partial charge in [0.2, 0.25) is 0 Å². The van der Waals surface area contributed by atoms with Crippen LogP contribution in [-0.2, 0) is 6.54 Å². The lowest BCUT2D eigenvalue weighted by Gasteiger charge is -2.11. The highest BCUT2D eigenvalue weighted by atomic mass is 16.3. The Hall–Kier alpha value is -1.35. The number of aromatic nitrogens is 2. The highest BCUT2D eigenvalue weighted by molar-refractivity contribution is 5.75. The number of unbranched alkanes of at least 4 members (excludes halogenated alkanes) is 1.